The van der Waals surface area contributed by atoms with Crippen LogP contribution in [0, 0.1) is 16.7 Å². The van der Waals surface area contributed by atoms with Gasteiger partial charge in [-0.15, -0.1) is 0 Å². The first-order valence-electron chi connectivity index (χ1n) is 9.96. The van der Waals surface area contributed by atoms with Gasteiger partial charge in [0.05, 0.1) is 22.8 Å². The lowest BCUT2D eigenvalue weighted by atomic mass is 9.78. The van der Waals surface area contributed by atoms with Crippen LogP contribution < -0.4 is 4.90 Å². The summed E-state index contributed by atoms with van der Waals surface area (Å²) in [5.74, 6) is 0.272. The maximum absolute atomic E-state index is 13.4. The first-order valence-corrected chi connectivity index (χ1v) is 10.3. The molecule has 1 aromatic rings. The number of hydrogen-bond acceptors (Lipinski definition) is 4. The van der Waals surface area contributed by atoms with Gasteiger partial charge in [-0.2, -0.15) is 5.26 Å². The summed E-state index contributed by atoms with van der Waals surface area (Å²) in [5.41, 5.74) is 1.11. The number of anilines is 1. The van der Waals surface area contributed by atoms with Crippen molar-refractivity contribution in [1.82, 2.24) is 4.90 Å². The van der Waals surface area contributed by atoms with E-state index in [1.165, 1.54) is 0 Å². The molecule has 144 valence electrons. The third-order valence-electron chi connectivity index (χ3n) is 6.65. The Morgan fingerprint density at radius 2 is 1.96 bits per heavy atom. The molecule has 1 aromatic carbocycles. The number of piperidine rings is 1. The van der Waals surface area contributed by atoms with Crippen LogP contribution in [-0.2, 0) is 4.79 Å². The van der Waals surface area contributed by atoms with Crippen molar-refractivity contribution >= 4 is 23.2 Å². The van der Waals surface area contributed by atoms with Crippen LogP contribution in [0.15, 0.2) is 18.2 Å². The van der Waals surface area contributed by atoms with Crippen LogP contribution in [0.1, 0.15) is 50.5 Å². The average Bonchev–Trinajstić information content (AvgIpc) is 2.98. The smallest absolute Gasteiger partial charge is 0.230 e. The van der Waals surface area contributed by atoms with Crippen LogP contribution in [0.5, 0.6) is 0 Å². The minimum absolute atomic E-state index is 0.203. The summed E-state index contributed by atoms with van der Waals surface area (Å²) in [5, 5.41) is 19.8. The standard InChI is InChI=1S/C21H26ClN3O2/c22-16-3-2-15(13-23)19(12-16)24-10-1-8-21(14-24)9-11-25(20(21)27)17-4-6-18(26)7-5-17/h2-3,12,17-18,26H,1,4-11,14H2/t17?,18?,21-/m0/s1. The van der Waals surface area contributed by atoms with Crippen molar-refractivity contribution in [2.75, 3.05) is 24.5 Å². The van der Waals surface area contributed by atoms with Gasteiger partial charge < -0.3 is 14.9 Å². The van der Waals surface area contributed by atoms with Crippen LogP contribution >= 0.6 is 11.6 Å². The average molecular weight is 388 g/mol. The number of amides is 1. The summed E-state index contributed by atoms with van der Waals surface area (Å²) in [6.07, 6.45) is 5.92. The van der Waals surface area contributed by atoms with E-state index in [4.69, 9.17) is 11.6 Å². The largest absolute Gasteiger partial charge is 0.393 e. The van der Waals surface area contributed by atoms with Crippen molar-refractivity contribution in [2.24, 2.45) is 5.41 Å². The number of nitrogens with zero attached hydrogens (tertiary/aromatic N) is 3. The van der Waals surface area contributed by atoms with Gasteiger partial charge in [0.1, 0.15) is 6.07 Å². The van der Waals surface area contributed by atoms with Crippen LogP contribution in [0.4, 0.5) is 5.69 Å². The number of rotatable bonds is 2. The lowest BCUT2D eigenvalue weighted by Gasteiger charge is -2.41. The zero-order valence-corrected chi connectivity index (χ0v) is 16.3. The van der Waals surface area contributed by atoms with E-state index in [1.54, 1.807) is 12.1 Å². The summed E-state index contributed by atoms with van der Waals surface area (Å²) in [4.78, 5) is 17.7. The van der Waals surface area contributed by atoms with E-state index in [-0.39, 0.29) is 23.5 Å². The number of carbonyl (C=O) groups is 1. The van der Waals surface area contributed by atoms with E-state index in [9.17, 15) is 15.2 Å². The Morgan fingerprint density at radius 3 is 2.70 bits per heavy atom. The molecule has 2 aliphatic heterocycles. The van der Waals surface area contributed by atoms with Gasteiger partial charge in [0, 0.05) is 30.7 Å². The Balaban J connectivity index is 1.54. The fraction of sp³-hybridized carbons (Fsp3) is 0.619. The molecule has 5 nitrogen and oxygen atoms in total. The Hall–Kier alpha value is -1.77. The van der Waals surface area contributed by atoms with Crippen molar-refractivity contribution in [3.05, 3.63) is 28.8 Å². The number of likely N-dealkylation sites (tertiary alicyclic amines) is 1. The zero-order chi connectivity index (χ0) is 19.0. The Kier molecular flexibility index (Phi) is 5.05. The predicted octanol–water partition coefficient (Wildman–Crippen LogP) is 3.33. The molecule has 1 amide bonds. The van der Waals surface area contributed by atoms with E-state index in [2.05, 4.69) is 15.9 Å². The minimum atomic E-state index is -0.344. The van der Waals surface area contributed by atoms with Crippen LogP contribution in [-0.4, -0.2) is 47.7 Å². The van der Waals surface area contributed by atoms with Gasteiger partial charge in [-0.05, 0) is 63.1 Å². The van der Waals surface area contributed by atoms with Crippen molar-refractivity contribution < 1.29 is 9.90 Å². The first kappa shape index (κ1) is 18.6. The van der Waals surface area contributed by atoms with Gasteiger partial charge in [-0.25, -0.2) is 0 Å². The maximum atomic E-state index is 13.4. The highest BCUT2D eigenvalue weighted by Gasteiger charge is 2.50. The highest BCUT2D eigenvalue weighted by Crippen LogP contribution is 2.44. The van der Waals surface area contributed by atoms with E-state index in [0.29, 0.717) is 17.1 Å². The molecule has 3 aliphatic rings. The van der Waals surface area contributed by atoms with Gasteiger partial charge in [0.2, 0.25) is 5.91 Å². The summed E-state index contributed by atoms with van der Waals surface area (Å²) in [6, 6.07) is 7.87. The zero-order valence-electron chi connectivity index (χ0n) is 15.5. The van der Waals surface area contributed by atoms with Gasteiger partial charge in [-0.3, -0.25) is 4.79 Å². The molecule has 2 heterocycles. The minimum Gasteiger partial charge on any atom is -0.393 e. The number of aliphatic hydroxyl groups excluding tert-OH is 1. The number of carbonyl (C=O) groups excluding carboxylic acids is 1. The highest BCUT2D eigenvalue weighted by molar-refractivity contribution is 6.30. The molecule has 0 bridgehead atoms. The molecule has 1 spiro atoms. The van der Waals surface area contributed by atoms with Gasteiger partial charge in [-0.1, -0.05) is 11.6 Å². The number of benzene rings is 1. The second kappa shape index (κ2) is 7.33. The third kappa shape index (κ3) is 3.41. The van der Waals surface area contributed by atoms with Crippen LogP contribution in [0.2, 0.25) is 5.02 Å². The third-order valence-corrected chi connectivity index (χ3v) is 6.89. The summed E-state index contributed by atoms with van der Waals surface area (Å²) >= 11 is 6.18. The van der Waals surface area contributed by atoms with E-state index < -0.39 is 0 Å². The SMILES string of the molecule is N#Cc1ccc(Cl)cc1N1CCC[C@]2(CCN(C3CCC(O)CC3)C2=O)C1. The Bertz CT molecular complexity index is 769. The number of halogens is 1. The molecule has 0 aromatic heterocycles. The topological polar surface area (TPSA) is 67.6 Å². The number of hydrogen-bond donors (Lipinski definition) is 1. The quantitative estimate of drug-likeness (QED) is 0.845. The van der Waals surface area contributed by atoms with Gasteiger partial charge in [0.25, 0.3) is 0 Å². The van der Waals surface area contributed by atoms with Crippen LogP contribution in [0.3, 0.4) is 0 Å². The number of nitriles is 1. The maximum Gasteiger partial charge on any atom is 0.230 e. The normalized spacial score (nSPS) is 31.4. The molecule has 6 heteroatoms. The molecule has 4 rings (SSSR count). The first-order chi connectivity index (χ1) is 13.0. The molecule has 1 N–H and O–H groups in total. The van der Waals surface area contributed by atoms with Crippen molar-refractivity contribution in [2.45, 2.75) is 57.1 Å². The van der Waals surface area contributed by atoms with Crippen molar-refractivity contribution in [3.63, 3.8) is 0 Å². The summed E-state index contributed by atoms with van der Waals surface area (Å²) < 4.78 is 0. The van der Waals surface area contributed by atoms with Crippen LogP contribution in [0.25, 0.3) is 0 Å². The molecule has 1 aliphatic carbocycles. The lowest BCUT2D eigenvalue weighted by Crippen LogP contribution is -2.50. The molecule has 27 heavy (non-hydrogen) atoms. The molecule has 3 fully saturated rings. The van der Waals surface area contributed by atoms with Gasteiger partial charge in [0.15, 0.2) is 0 Å². The molecule has 1 atom stereocenters. The second-order valence-electron chi connectivity index (χ2n) is 8.29. The van der Waals surface area contributed by atoms with Crippen molar-refractivity contribution in [3.8, 4) is 6.07 Å². The molecular weight excluding hydrogens is 362 g/mol. The fourth-order valence-corrected chi connectivity index (χ4v) is 5.31. The molecule has 0 radical (unpaired) electrons. The molecule has 2 saturated heterocycles. The fourth-order valence-electron chi connectivity index (χ4n) is 5.14. The monoisotopic (exact) mass is 387 g/mol. The predicted molar refractivity (Wildman–Crippen MR) is 105 cm³/mol. The summed E-state index contributed by atoms with van der Waals surface area (Å²) in [7, 11) is 0. The van der Waals surface area contributed by atoms with E-state index >= 15 is 0 Å². The Morgan fingerprint density at radius 1 is 1.19 bits per heavy atom. The molecular formula is C21H26ClN3O2. The molecule has 1 saturated carbocycles. The second-order valence-corrected chi connectivity index (χ2v) is 8.73. The number of aliphatic hydroxyl groups is 1. The van der Waals surface area contributed by atoms with Gasteiger partial charge >= 0.3 is 0 Å². The van der Waals surface area contributed by atoms with E-state index in [0.717, 1.165) is 63.7 Å². The highest BCUT2D eigenvalue weighted by atomic mass is 35.5. The molecule has 0 unspecified atom stereocenters. The van der Waals surface area contributed by atoms with E-state index in [1.807, 2.05) is 6.07 Å². The van der Waals surface area contributed by atoms with Crippen molar-refractivity contribution in [1.29, 1.82) is 5.26 Å². The lowest BCUT2D eigenvalue weighted by molar-refractivity contribution is -0.139. The summed E-state index contributed by atoms with van der Waals surface area (Å²) in [6.45, 7) is 2.32. The Labute approximate surface area is 165 Å².